The maximum atomic E-state index is 12.7. The van der Waals surface area contributed by atoms with Gasteiger partial charge in [-0.05, 0) is 63.1 Å². The number of aromatic nitrogens is 3. The SMILES string of the molecule is O=C(CN1CCC(c2ccccc2)CC1)NC1CCc2nnc(C3CC3)n2CC1. The molecule has 0 radical (unpaired) electrons. The number of likely N-dealkylation sites (tertiary alicyclic amines) is 1. The Morgan fingerprint density at radius 2 is 1.72 bits per heavy atom. The van der Waals surface area contributed by atoms with Crippen LogP contribution in [-0.4, -0.2) is 51.2 Å². The van der Waals surface area contributed by atoms with Gasteiger partial charge in [-0.15, -0.1) is 10.2 Å². The summed E-state index contributed by atoms with van der Waals surface area (Å²) in [6, 6.07) is 11.0. The van der Waals surface area contributed by atoms with E-state index in [9.17, 15) is 4.79 Å². The summed E-state index contributed by atoms with van der Waals surface area (Å²) in [6.07, 6.45) is 7.63. The predicted octanol–water partition coefficient (Wildman–Crippen LogP) is 2.86. The van der Waals surface area contributed by atoms with E-state index in [1.165, 1.54) is 24.2 Å². The third-order valence-electron chi connectivity index (χ3n) is 6.81. The number of aryl methyl sites for hydroxylation is 1. The second-order valence-electron chi connectivity index (χ2n) is 8.95. The standard InChI is InChI=1S/C23H31N5O/c29-22(16-27-13-10-18(11-14-27)17-4-2-1-3-5-17)24-20-8-9-21-25-26-23(19-6-7-19)28(21)15-12-20/h1-5,18-20H,6-16H2,(H,24,29). The number of fused-ring (bicyclic) bond motifs is 1. The Balaban J connectivity index is 1.09. The van der Waals surface area contributed by atoms with E-state index in [1.54, 1.807) is 0 Å². The molecule has 6 heteroatoms. The number of amides is 1. The van der Waals surface area contributed by atoms with Gasteiger partial charge < -0.3 is 9.88 Å². The average Bonchev–Trinajstić information content (AvgIpc) is 3.54. The fraction of sp³-hybridized carbons (Fsp3) is 0.609. The maximum Gasteiger partial charge on any atom is 0.234 e. The topological polar surface area (TPSA) is 63.1 Å². The van der Waals surface area contributed by atoms with E-state index >= 15 is 0 Å². The highest BCUT2D eigenvalue weighted by Crippen LogP contribution is 2.39. The largest absolute Gasteiger partial charge is 0.352 e. The van der Waals surface area contributed by atoms with Crippen molar-refractivity contribution in [3.8, 4) is 0 Å². The van der Waals surface area contributed by atoms with Gasteiger partial charge in [0.1, 0.15) is 11.6 Å². The Labute approximate surface area is 172 Å². The summed E-state index contributed by atoms with van der Waals surface area (Å²) in [5, 5.41) is 12.1. The number of nitrogens with zero attached hydrogens (tertiary/aromatic N) is 4. The fourth-order valence-corrected chi connectivity index (χ4v) is 4.92. The van der Waals surface area contributed by atoms with Crippen LogP contribution >= 0.6 is 0 Å². The van der Waals surface area contributed by atoms with Gasteiger partial charge in [0.05, 0.1) is 6.54 Å². The molecule has 2 fully saturated rings. The minimum Gasteiger partial charge on any atom is -0.352 e. The number of hydrogen-bond acceptors (Lipinski definition) is 4. The maximum absolute atomic E-state index is 12.7. The first-order chi connectivity index (χ1) is 14.3. The van der Waals surface area contributed by atoms with Crippen LogP contribution in [0.15, 0.2) is 30.3 Å². The smallest absolute Gasteiger partial charge is 0.234 e. The summed E-state index contributed by atoms with van der Waals surface area (Å²) in [5.74, 6) is 3.71. The molecule has 3 aliphatic rings. The quantitative estimate of drug-likeness (QED) is 0.848. The first-order valence-corrected chi connectivity index (χ1v) is 11.2. The van der Waals surface area contributed by atoms with Crippen molar-refractivity contribution in [2.75, 3.05) is 19.6 Å². The zero-order valence-corrected chi connectivity index (χ0v) is 17.1. The average molecular weight is 394 g/mol. The second kappa shape index (κ2) is 8.27. The van der Waals surface area contributed by atoms with Gasteiger partial charge in [-0.2, -0.15) is 0 Å². The summed E-state index contributed by atoms with van der Waals surface area (Å²) in [7, 11) is 0. The van der Waals surface area contributed by atoms with Crippen LogP contribution in [0.5, 0.6) is 0 Å². The van der Waals surface area contributed by atoms with Gasteiger partial charge in [0.25, 0.3) is 0 Å². The van der Waals surface area contributed by atoms with Gasteiger partial charge in [0, 0.05) is 24.9 Å². The van der Waals surface area contributed by atoms with Gasteiger partial charge in [0.15, 0.2) is 0 Å². The fourth-order valence-electron chi connectivity index (χ4n) is 4.92. The molecule has 1 N–H and O–H groups in total. The Morgan fingerprint density at radius 1 is 0.931 bits per heavy atom. The number of nitrogens with one attached hydrogen (secondary N) is 1. The molecule has 2 aliphatic heterocycles. The predicted molar refractivity (Wildman–Crippen MR) is 112 cm³/mol. The first kappa shape index (κ1) is 18.8. The second-order valence-corrected chi connectivity index (χ2v) is 8.95. The number of carbonyl (C=O) groups excluding carboxylic acids is 1. The summed E-state index contributed by atoms with van der Waals surface area (Å²) in [4.78, 5) is 15.0. The van der Waals surface area contributed by atoms with E-state index in [1.807, 2.05) is 0 Å². The molecular formula is C23H31N5O. The highest BCUT2D eigenvalue weighted by atomic mass is 16.2. The number of benzene rings is 1. The van der Waals surface area contributed by atoms with Crippen LogP contribution in [-0.2, 0) is 17.8 Å². The molecule has 3 heterocycles. The van der Waals surface area contributed by atoms with Gasteiger partial charge in [0.2, 0.25) is 5.91 Å². The summed E-state index contributed by atoms with van der Waals surface area (Å²) in [6.45, 7) is 3.46. The van der Waals surface area contributed by atoms with Crippen molar-refractivity contribution in [1.82, 2.24) is 25.0 Å². The minimum absolute atomic E-state index is 0.174. The molecule has 0 spiro atoms. The van der Waals surface area contributed by atoms with Gasteiger partial charge in [-0.1, -0.05) is 30.3 Å². The third kappa shape index (κ3) is 4.37. The summed E-state index contributed by atoms with van der Waals surface area (Å²) in [5.41, 5.74) is 1.44. The normalized spacial score (nSPS) is 23.4. The first-order valence-electron chi connectivity index (χ1n) is 11.2. The lowest BCUT2D eigenvalue weighted by molar-refractivity contribution is -0.123. The van der Waals surface area contributed by atoms with Crippen molar-refractivity contribution in [2.24, 2.45) is 0 Å². The van der Waals surface area contributed by atoms with E-state index in [4.69, 9.17) is 0 Å². The lowest BCUT2D eigenvalue weighted by atomic mass is 9.89. The zero-order chi connectivity index (χ0) is 19.6. The Kier molecular flexibility index (Phi) is 5.36. The zero-order valence-electron chi connectivity index (χ0n) is 17.1. The van der Waals surface area contributed by atoms with E-state index in [0.717, 1.165) is 57.6 Å². The van der Waals surface area contributed by atoms with Gasteiger partial charge in [-0.25, -0.2) is 0 Å². The molecule has 1 aromatic carbocycles. The highest BCUT2D eigenvalue weighted by Gasteiger charge is 2.31. The van der Waals surface area contributed by atoms with Crippen molar-refractivity contribution in [2.45, 2.75) is 69.4 Å². The monoisotopic (exact) mass is 393 g/mol. The van der Waals surface area contributed by atoms with Crippen LogP contribution in [0.2, 0.25) is 0 Å². The van der Waals surface area contributed by atoms with Crippen molar-refractivity contribution in [1.29, 1.82) is 0 Å². The minimum atomic E-state index is 0.174. The molecule has 29 heavy (non-hydrogen) atoms. The molecule has 0 bridgehead atoms. The molecule has 1 unspecified atom stereocenters. The molecule has 6 nitrogen and oxygen atoms in total. The van der Waals surface area contributed by atoms with Crippen LogP contribution in [0.25, 0.3) is 0 Å². The van der Waals surface area contributed by atoms with Gasteiger partial charge >= 0.3 is 0 Å². The van der Waals surface area contributed by atoms with Crippen molar-refractivity contribution in [3.05, 3.63) is 47.5 Å². The highest BCUT2D eigenvalue weighted by molar-refractivity contribution is 5.78. The number of hydrogen-bond donors (Lipinski definition) is 1. The molecule has 1 aliphatic carbocycles. The Morgan fingerprint density at radius 3 is 2.48 bits per heavy atom. The molecule has 2 aromatic rings. The van der Waals surface area contributed by atoms with E-state index < -0.39 is 0 Å². The summed E-state index contributed by atoms with van der Waals surface area (Å²) < 4.78 is 2.32. The number of carbonyl (C=O) groups is 1. The van der Waals surface area contributed by atoms with Crippen LogP contribution in [0.1, 0.15) is 67.6 Å². The molecule has 1 aromatic heterocycles. The number of rotatable bonds is 5. The molecule has 1 saturated heterocycles. The Hall–Kier alpha value is -2.21. The van der Waals surface area contributed by atoms with Crippen molar-refractivity contribution < 1.29 is 4.79 Å². The lowest BCUT2D eigenvalue weighted by Gasteiger charge is -2.32. The molecule has 1 amide bonds. The van der Waals surface area contributed by atoms with E-state index in [2.05, 4.69) is 55.3 Å². The van der Waals surface area contributed by atoms with Crippen LogP contribution in [0, 0.1) is 0 Å². The summed E-state index contributed by atoms with van der Waals surface area (Å²) >= 11 is 0. The molecule has 1 saturated carbocycles. The third-order valence-corrected chi connectivity index (χ3v) is 6.81. The number of piperidine rings is 1. The van der Waals surface area contributed by atoms with Crippen LogP contribution in [0.4, 0.5) is 0 Å². The lowest BCUT2D eigenvalue weighted by Crippen LogP contribution is -2.44. The van der Waals surface area contributed by atoms with Crippen molar-refractivity contribution >= 4 is 5.91 Å². The van der Waals surface area contributed by atoms with E-state index in [0.29, 0.717) is 18.4 Å². The molecule has 5 rings (SSSR count). The van der Waals surface area contributed by atoms with Crippen LogP contribution < -0.4 is 5.32 Å². The molecule has 154 valence electrons. The van der Waals surface area contributed by atoms with Crippen LogP contribution in [0.3, 0.4) is 0 Å². The van der Waals surface area contributed by atoms with Crippen molar-refractivity contribution in [3.63, 3.8) is 0 Å². The Bertz CT molecular complexity index is 836. The van der Waals surface area contributed by atoms with Gasteiger partial charge in [-0.3, -0.25) is 9.69 Å². The molecule has 1 atom stereocenters. The molecular weight excluding hydrogens is 362 g/mol. The van der Waals surface area contributed by atoms with E-state index in [-0.39, 0.29) is 11.9 Å².